The van der Waals surface area contributed by atoms with Crippen molar-refractivity contribution in [3.63, 3.8) is 0 Å². The van der Waals surface area contributed by atoms with Gasteiger partial charge >= 0.3 is 0 Å². The van der Waals surface area contributed by atoms with Crippen LogP contribution in [0, 0.1) is 0 Å². The lowest BCUT2D eigenvalue weighted by atomic mass is 10.2. The Labute approximate surface area is 122 Å². The fourth-order valence-electron chi connectivity index (χ4n) is 1.40. The standard InChI is InChI=1S/C12H9BrN2O3S/c13-8-3-1-7(2-4-8)9(16)6-19-12-14-10(17)5-11(18)15-12/h1-4H,5-6H2,(H,14,15,17,18). The van der Waals surface area contributed by atoms with E-state index in [1.807, 2.05) is 0 Å². The first kappa shape index (κ1) is 14.0. The minimum absolute atomic E-state index is 0.0903. The quantitative estimate of drug-likeness (QED) is 0.672. The molecule has 19 heavy (non-hydrogen) atoms. The molecular weight excluding hydrogens is 332 g/mol. The van der Waals surface area contributed by atoms with E-state index in [0.29, 0.717) is 5.56 Å². The van der Waals surface area contributed by atoms with Gasteiger partial charge in [0.25, 0.3) is 5.91 Å². The third kappa shape index (κ3) is 4.00. The molecule has 1 aromatic rings. The maximum Gasteiger partial charge on any atom is 0.257 e. The van der Waals surface area contributed by atoms with Crippen LogP contribution in [-0.2, 0) is 9.59 Å². The highest BCUT2D eigenvalue weighted by Gasteiger charge is 2.19. The van der Waals surface area contributed by atoms with Crippen molar-refractivity contribution in [2.75, 3.05) is 5.75 Å². The van der Waals surface area contributed by atoms with Crippen molar-refractivity contribution in [1.29, 1.82) is 0 Å². The molecule has 5 nitrogen and oxygen atoms in total. The fraction of sp³-hybridized carbons (Fsp3) is 0.167. The van der Waals surface area contributed by atoms with Crippen molar-refractivity contribution >= 4 is 50.5 Å². The Kier molecular flexibility index (Phi) is 4.49. The zero-order valence-corrected chi connectivity index (χ0v) is 12.1. The van der Waals surface area contributed by atoms with Crippen molar-refractivity contribution in [3.8, 4) is 0 Å². The summed E-state index contributed by atoms with van der Waals surface area (Å²) in [5.41, 5.74) is 0.574. The summed E-state index contributed by atoms with van der Waals surface area (Å²) in [6.45, 7) is 0. The normalized spacial score (nSPS) is 14.9. The number of hydrogen-bond donors (Lipinski definition) is 1. The van der Waals surface area contributed by atoms with Gasteiger partial charge in [0.1, 0.15) is 6.42 Å². The Hall–Kier alpha value is -1.47. The van der Waals surface area contributed by atoms with Gasteiger partial charge in [-0.3, -0.25) is 14.4 Å². The predicted octanol–water partition coefficient (Wildman–Crippen LogP) is 1.77. The van der Waals surface area contributed by atoms with Crippen molar-refractivity contribution in [2.24, 2.45) is 4.99 Å². The van der Waals surface area contributed by atoms with E-state index in [4.69, 9.17) is 0 Å². The predicted molar refractivity (Wildman–Crippen MR) is 76.1 cm³/mol. The number of nitrogens with zero attached hydrogens (tertiary/aromatic N) is 1. The van der Waals surface area contributed by atoms with E-state index in [9.17, 15) is 14.4 Å². The van der Waals surface area contributed by atoms with Gasteiger partial charge in [-0.1, -0.05) is 39.8 Å². The van der Waals surface area contributed by atoms with Crippen LogP contribution in [0.4, 0.5) is 0 Å². The van der Waals surface area contributed by atoms with Gasteiger partial charge in [0.05, 0.1) is 5.75 Å². The molecule has 0 aromatic heterocycles. The maximum atomic E-state index is 11.9. The van der Waals surface area contributed by atoms with Crippen LogP contribution < -0.4 is 5.32 Å². The molecule has 98 valence electrons. The molecular formula is C12H9BrN2O3S. The number of thioether (sulfide) groups is 1. The molecule has 0 unspecified atom stereocenters. The van der Waals surface area contributed by atoms with E-state index in [1.165, 1.54) is 0 Å². The first-order chi connectivity index (χ1) is 9.04. The van der Waals surface area contributed by atoms with E-state index in [0.717, 1.165) is 16.2 Å². The van der Waals surface area contributed by atoms with Crippen molar-refractivity contribution in [3.05, 3.63) is 34.3 Å². The number of hydrogen-bond acceptors (Lipinski definition) is 4. The van der Waals surface area contributed by atoms with Crippen LogP contribution in [0.2, 0.25) is 0 Å². The SMILES string of the molecule is O=C1CC(=O)NC(SCC(=O)c2ccc(Br)cc2)=N1. The maximum absolute atomic E-state index is 11.9. The minimum Gasteiger partial charge on any atom is -0.305 e. The van der Waals surface area contributed by atoms with Crippen LogP contribution in [0.15, 0.2) is 33.7 Å². The van der Waals surface area contributed by atoms with Crippen LogP contribution in [0.1, 0.15) is 16.8 Å². The molecule has 0 atom stereocenters. The lowest BCUT2D eigenvalue weighted by Crippen LogP contribution is -2.35. The van der Waals surface area contributed by atoms with Crippen molar-refractivity contribution in [2.45, 2.75) is 6.42 Å². The van der Waals surface area contributed by atoms with Gasteiger partial charge in [-0.2, -0.15) is 4.99 Å². The van der Waals surface area contributed by atoms with Crippen molar-refractivity contribution in [1.82, 2.24) is 5.32 Å². The summed E-state index contributed by atoms with van der Waals surface area (Å²) in [5, 5.41) is 2.64. The Morgan fingerprint density at radius 3 is 2.63 bits per heavy atom. The average molecular weight is 341 g/mol. The number of halogens is 1. The third-order valence-electron chi connectivity index (χ3n) is 2.29. The van der Waals surface area contributed by atoms with Crippen molar-refractivity contribution < 1.29 is 14.4 Å². The highest BCUT2D eigenvalue weighted by atomic mass is 79.9. The Morgan fingerprint density at radius 2 is 2.00 bits per heavy atom. The molecule has 0 fully saturated rings. The van der Waals surface area contributed by atoms with Gasteiger partial charge < -0.3 is 5.32 Å². The molecule has 2 rings (SSSR count). The average Bonchev–Trinajstić information content (AvgIpc) is 2.36. The number of carbonyl (C=O) groups excluding carboxylic acids is 3. The van der Waals surface area contributed by atoms with Gasteiger partial charge in [-0.15, -0.1) is 0 Å². The summed E-state index contributed by atoms with van der Waals surface area (Å²) in [6.07, 6.45) is -0.231. The van der Waals surface area contributed by atoms with Crippen LogP contribution in [0.25, 0.3) is 0 Å². The van der Waals surface area contributed by atoms with Crippen LogP contribution >= 0.6 is 27.7 Å². The number of Topliss-reactive ketones (excluding diaryl/α,β-unsaturated/α-hetero) is 1. The smallest absolute Gasteiger partial charge is 0.257 e. The Morgan fingerprint density at radius 1 is 1.32 bits per heavy atom. The number of rotatable bonds is 3. The van der Waals surface area contributed by atoms with Crippen LogP contribution in [-0.4, -0.2) is 28.5 Å². The van der Waals surface area contributed by atoms with E-state index in [1.54, 1.807) is 24.3 Å². The third-order valence-corrected chi connectivity index (χ3v) is 3.69. The number of ketones is 1. The molecule has 0 spiro atoms. The van der Waals surface area contributed by atoms with Gasteiger partial charge in [0.2, 0.25) is 5.91 Å². The second-order valence-electron chi connectivity index (χ2n) is 3.75. The molecule has 0 aliphatic carbocycles. The zero-order chi connectivity index (χ0) is 13.8. The van der Waals surface area contributed by atoms with E-state index >= 15 is 0 Å². The molecule has 0 bridgehead atoms. The molecule has 0 saturated carbocycles. The summed E-state index contributed by atoms with van der Waals surface area (Å²) < 4.78 is 0.895. The number of carbonyl (C=O) groups is 3. The molecule has 0 saturated heterocycles. The molecule has 1 aliphatic heterocycles. The number of amides is 2. The second-order valence-corrected chi connectivity index (χ2v) is 5.63. The molecule has 1 aromatic carbocycles. The fourth-order valence-corrected chi connectivity index (χ4v) is 2.45. The zero-order valence-electron chi connectivity index (χ0n) is 9.68. The highest BCUT2D eigenvalue weighted by molar-refractivity contribution is 9.10. The summed E-state index contributed by atoms with van der Waals surface area (Å²) in [6, 6.07) is 6.97. The largest absolute Gasteiger partial charge is 0.305 e. The summed E-state index contributed by atoms with van der Waals surface area (Å²) in [5.74, 6) is -0.845. The van der Waals surface area contributed by atoms with E-state index < -0.39 is 11.8 Å². The summed E-state index contributed by atoms with van der Waals surface area (Å²) >= 11 is 4.34. The van der Waals surface area contributed by atoms with Gasteiger partial charge in [0, 0.05) is 10.0 Å². The lowest BCUT2D eigenvalue weighted by molar-refractivity contribution is -0.127. The monoisotopic (exact) mass is 340 g/mol. The lowest BCUT2D eigenvalue weighted by Gasteiger charge is -2.11. The number of nitrogens with one attached hydrogen (secondary N) is 1. The van der Waals surface area contributed by atoms with Crippen LogP contribution in [0.3, 0.4) is 0 Å². The second kappa shape index (κ2) is 6.12. The first-order valence-corrected chi connectivity index (χ1v) is 7.15. The molecule has 1 heterocycles. The topological polar surface area (TPSA) is 75.6 Å². The highest BCUT2D eigenvalue weighted by Crippen LogP contribution is 2.14. The molecule has 7 heteroatoms. The van der Waals surface area contributed by atoms with Gasteiger partial charge in [-0.05, 0) is 12.1 Å². The number of aliphatic imine (C=N–C) groups is 1. The molecule has 2 amide bonds. The molecule has 1 aliphatic rings. The number of benzene rings is 1. The van der Waals surface area contributed by atoms with Gasteiger partial charge in [0.15, 0.2) is 11.0 Å². The Balaban J connectivity index is 1.95. The first-order valence-electron chi connectivity index (χ1n) is 5.37. The summed E-state index contributed by atoms with van der Waals surface area (Å²) in [7, 11) is 0. The van der Waals surface area contributed by atoms with Crippen LogP contribution in [0.5, 0.6) is 0 Å². The van der Waals surface area contributed by atoms with E-state index in [-0.39, 0.29) is 23.1 Å². The van der Waals surface area contributed by atoms with Gasteiger partial charge in [-0.25, -0.2) is 0 Å². The van der Waals surface area contributed by atoms with E-state index in [2.05, 4.69) is 26.2 Å². The summed E-state index contributed by atoms with van der Waals surface area (Å²) in [4.78, 5) is 37.7. The molecule has 0 radical (unpaired) electrons. The number of amidine groups is 1. The Bertz CT molecular complexity index is 569. The molecule has 1 N–H and O–H groups in total. The minimum atomic E-state index is -0.484.